The van der Waals surface area contributed by atoms with Crippen molar-refractivity contribution in [2.24, 2.45) is 0 Å². The summed E-state index contributed by atoms with van der Waals surface area (Å²) in [6.07, 6.45) is 3.26. The Kier molecular flexibility index (Phi) is 6.88. The fourth-order valence-electron chi connectivity index (χ4n) is 3.76. The molecule has 27 heavy (non-hydrogen) atoms. The predicted molar refractivity (Wildman–Crippen MR) is 105 cm³/mol. The summed E-state index contributed by atoms with van der Waals surface area (Å²) in [6, 6.07) is 8.26. The second-order valence-electron chi connectivity index (χ2n) is 7.42. The zero-order valence-corrected chi connectivity index (χ0v) is 16.3. The first kappa shape index (κ1) is 19.9. The number of ether oxygens (including phenoxy) is 1. The number of aliphatic carboxylic acids is 1. The second kappa shape index (κ2) is 9.35. The van der Waals surface area contributed by atoms with E-state index in [1.165, 1.54) is 10.9 Å². The van der Waals surface area contributed by atoms with Crippen molar-refractivity contribution in [3.63, 3.8) is 0 Å². The number of furan rings is 1. The molecule has 1 saturated heterocycles. The largest absolute Gasteiger partial charge is 0.480 e. The normalized spacial score (nSPS) is 18.4. The van der Waals surface area contributed by atoms with E-state index >= 15 is 0 Å². The van der Waals surface area contributed by atoms with Crippen LogP contribution in [0.3, 0.4) is 0 Å². The predicted octanol–water partition coefficient (Wildman–Crippen LogP) is 2.99. The fraction of sp³-hybridized carbons (Fsp3) is 0.571. The molecule has 0 bridgehead atoms. The van der Waals surface area contributed by atoms with E-state index in [9.17, 15) is 4.79 Å². The Morgan fingerprint density at radius 2 is 2.19 bits per heavy atom. The molecule has 0 saturated carbocycles. The van der Waals surface area contributed by atoms with Crippen molar-refractivity contribution in [1.29, 1.82) is 0 Å². The summed E-state index contributed by atoms with van der Waals surface area (Å²) in [4.78, 5) is 15.1. The topological polar surface area (TPSA) is 66.2 Å². The minimum absolute atomic E-state index is 0.0281. The van der Waals surface area contributed by atoms with Crippen molar-refractivity contribution in [1.82, 2.24) is 9.80 Å². The minimum Gasteiger partial charge on any atom is -0.480 e. The van der Waals surface area contributed by atoms with Gasteiger partial charge in [0.15, 0.2) is 0 Å². The number of benzene rings is 1. The molecule has 0 spiro atoms. The molecule has 0 radical (unpaired) electrons. The molecule has 1 N–H and O–H groups in total. The number of carbonyl (C=O) groups is 1. The highest BCUT2D eigenvalue weighted by Crippen LogP contribution is 2.29. The standard InChI is InChI=1S/C21H30N2O4/c1-3-4-8-20-18(17-7-5-6-9-19(17)27-20)14-23-10-11-26-16(13-23)12-22(2)15-21(24)25/h5-7,9,16H,3-4,8,10-15H2,1-2H3,(H,24,25). The van der Waals surface area contributed by atoms with Crippen LogP contribution in [0.25, 0.3) is 11.0 Å². The van der Waals surface area contributed by atoms with Crippen LogP contribution in [0.4, 0.5) is 0 Å². The van der Waals surface area contributed by atoms with Crippen LogP contribution < -0.4 is 0 Å². The summed E-state index contributed by atoms with van der Waals surface area (Å²) in [5.74, 6) is 0.291. The van der Waals surface area contributed by atoms with Gasteiger partial charge in [0, 0.05) is 43.5 Å². The SMILES string of the molecule is CCCCc1oc2ccccc2c1CN1CCOC(CN(C)CC(=O)O)C1. The first-order valence-electron chi connectivity index (χ1n) is 9.80. The molecule has 6 nitrogen and oxygen atoms in total. The van der Waals surface area contributed by atoms with Crippen molar-refractivity contribution >= 4 is 16.9 Å². The summed E-state index contributed by atoms with van der Waals surface area (Å²) in [5, 5.41) is 10.1. The summed E-state index contributed by atoms with van der Waals surface area (Å²) < 4.78 is 12.0. The van der Waals surface area contributed by atoms with Gasteiger partial charge in [0.2, 0.25) is 0 Å². The molecule has 2 aromatic rings. The zero-order chi connectivity index (χ0) is 19.2. The maximum Gasteiger partial charge on any atom is 0.317 e. The Morgan fingerprint density at radius 1 is 1.37 bits per heavy atom. The average molecular weight is 374 g/mol. The molecule has 6 heteroatoms. The van der Waals surface area contributed by atoms with Crippen LogP contribution in [0.2, 0.25) is 0 Å². The van der Waals surface area contributed by atoms with Crippen LogP contribution in [-0.2, 0) is 22.5 Å². The Balaban J connectivity index is 1.69. The zero-order valence-electron chi connectivity index (χ0n) is 16.3. The first-order chi connectivity index (χ1) is 13.1. The van der Waals surface area contributed by atoms with Crippen molar-refractivity contribution in [2.75, 3.05) is 39.8 Å². The van der Waals surface area contributed by atoms with Gasteiger partial charge in [-0.25, -0.2) is 0 Å². The van der Waals surface area contributed by atoms with Crippen LogP contribution in [0, 0.1) is 0 Å². The van der Waals surface area contributed by atoms with Gasteiger partial charge in [-0.15, -0.1) is 0 Å². The number of aryl methyl sites for hydroxylation is 1. The molecule has 1 aromatic heterocycles. The molecule has 2 heterocycles. The second-order valence-corrected chi connectivity index (χ2v) is 7.42. The highest BCUT2D eigenvalue weighted by molar-refractivity contribution is 5.82. The number of para-hydroxylation sites is 1. The van der Waals surface area contributed by atoms with Crippen molar-refractivity contribution in [3.8, 4) is 0 Å². The van der Waals surface area contributed by atoms with E-state index < -0.39 is 5.97 Å². The minimum atomic E-state index is -0.810. The van der Waals surface area contributed by atoms with Gasteiger partial charge in [-0.2, -0.15) is 0 Å². The summed E-state index contributed by atoms with van der Waals surface area (Å²) in [6.45, 7) is 6.06. The Hall–Kier alpha value is -1.89. The lowest BCUT2D eigenvalue weighted by Crippen LogP contribution is -2.47. The van der Waals surface area contributed by atoms with E-state index in [1.54, 1.807) is 4.90 Å². The number of carboxylic acids is 1. The van der Waals surface area contributed by atoms with Crippen LogP contribution >= 0.6 is 0 Å². The van der Waals surface area contributed by atoms with Crippen LogP contribution in [-0.4, -0.2) is 66.8 Å². The van der Waals surface area contributed by atoms with Crippen molar-refractivity contribution in [3.05, 3.63) is 35.6 Å². The van der Waals surface area contributed by atoms with Gasteiger partial charge in [-0.05, 0) is 19.5 Å². The third-order valence-electron chi connectivity index (χ3n) is 5.06. The number of carboxylic acid groups (broad SMARTS) is 1. The van der Waals surface area contributed by atoms with Gasteiger partial charge in [0.1, 0.15) is 11.3 Å². The molecular weight excluding hydrogens is 344 g/mol. The average Bonchev–Trinajstić information content (AvgIpc) is 2.97. The van der Waals surface area contributed by atoms with E-state index in [0.717, 1.165) is 50.2 Å². The number of hydrogen-bond acceptors (Lipinski definition) is 5. The third kappa shape index (κ3) is 5.31. The van der Waals surface area contributed by atoms with E-state index in [1.807, 2.05) is 19.2 Å². The number of unbranched alkanes of at least 4 members (excludes halogenated alkanes) is 1. The number of fused-ring (bicyclic) bond motifs is 1. The molecule has 0 aliphatic carbocycles. The fourth-order valence-corrected chi connectivity index (χ4v) is 3.76. The molecule has 0 amide bonds. The lowest BCUT2D eigenvalue weighted by atomic mass is 10.1. The Labute approximate surface area is 160 Å². The summed E-state index contributed by atoms with van der Waals surface area (Å²) in [7, 11) is 1.82. The number of morpholine rings is 1. The number of likely N-dealkylation sites (N-methyl/N-ethyl adjacent to an activating group) is 1. The van der Waals surface area contributed by atoms with Crippen LogP contribution in [0.15, 0.2) is 28.7 Å². The lowest BCUT2D eigenvalue weighted by molar-refractivity contribution is -0.138. The number of hydrogen-bond donors (Lipinski definition) is 1. The van der Waals surface area contributed by atoms with Crippen molar-refractivity contribution < 1.29 is 19.1 Å². The van der Waals surface area contributed by atoms with Crippen LogP contribution in [0.1, 0.15) is 31.1 Å². The molecule has 1 fully saturated rings. The van der Waals surface area contributed by atoms with E-state index in [0.29, 0.717) is 13.2 Å². The quantitative estimate of drug-likeness (QED) is 0.728. The summed E-state index contributed by atoms with van der Waals surface area (Å²) >= 11 is 0. The van der Waals surface area contributed by atoms with Gasteiger partial charge in [-0.3, -0.25) is 14.6 Å². The highest BCUT2D eigenvalue weighted by Gasteiger charge is 2.24. The van der Waals surface area contributed by atoms with Crippen LogP contribution in [0.5, 0.6) is 0 Å². The highest BCUT2D eigenvalue weighted by atomic mass is 16.5. The first-order valence-corrected chi connectivity index (χ1v) is 9.80. The third-order valence-corrected chi connectivity index (χ3v) is 5.06. The van der Waals surface area contributed by atoms with Gasteiger partial charge in [-0.1, -0.05) is 31.5 Å². The molecule has 1 atom stereocenters. The van der Waals surface area contributed by atoms with Gasteiger partial charge in [0.25, 0.3) is 0 Å². The summed E-state index contributed by atoms with van der Waals surface area (Å²) in [5.41, 5.74) is 2.25. The van der Waals surface area contributed by atoms with Crippen molar-refractivity contribution in [2.45, 2.75) is 38.8 Å². The van der Waals surface area contributed by atoms with E-state index in [-0.39, 0.29) is 12.6 Å². The molecule has 1 unspecified atom stereocenters. The maximum absolute atomic E-state index is 10.9. The number of rotatable bonds is 9. The van der Waals surface area contributed by atoms with E-state index in [4.69, 9.17) is 14.3 Å². The number of nitrogens with zero attached hydrogens (tertiary/aromatic N) is 2. The van der Waals surface area contributed by atoms with Gasteiger partial charge >= 0.3 is 5.97 Å². The molecule has 1 aliphatic rings. The van der Waals surface area contributed by atoms with Gasteiger partial charge in [0.05, 0.1) is 19.3 Å². The molecule has 1 aromatic carbocycles. The maximum atomic E-state index is 10.9. The molecule has 3 rings (SSSR count). The molecule has 1 aliphatic heterocycles. The monoisotopic (exact) mass is 374 g/mol. The molecular formula is C21H30N2O4. The molecule has 148 valence electrons. The van der Waals surface area contributed by atoms with Gasteiger partial charge < -0.3 is 14.3 Å². The lowest BCUT2D eigenvalue weighted by Gasteiger charge is -2.34. The van der Waals surface area contributed by atoms with E-state index in [2.05, 4.69) is 24.0 Å². The Bertz CT molecular complexity index is 758. The Morgan fingerprint density at radius 3 is 2.96 bits per heavy atom. The smallest absolute Gasteiger partial charge is 0.317 e.